The maximum absolute atomic E-state index is 4.44. The number of pyridine rings is 5. The quantitative estimate of drug-likeness (QED) is 0.149. The Labute approximate surface area is 471 Å². The Morgan fingerprint density at radius 2 is 0.753 bits per heavy atom. The van der Waals surface area contributed by atoms with Gasteiger partial charge in [0.15, 0.2) is 0 Å². The Morgan fingerprint density at radius 1 is 0.273 bits per heavy atom. The van der Waals surface area contributed by atoms with Gasteiger partial charge in [-0.1, -0.05) is 193 Å². The molecule has 0 saturated heterocycles. The Kier molecular flexibility index (Phi) is 26.6. The molecule has 0 atom stereocenters. The highest BCUT2D eigenvalue weighted by atomic mass is 14.8. The number of nitrogens with zero attached hydrogens (tertiary/aromatic N) is 7. The minimum Gasteiger partial charge on any atom is -0.264 e. The monoisotopic (exact) mass is 1040 g/mol. The molecule has 7 nitrogen and oxygen atoms in total. The zero-order valence-corrected chi connectivity index (χ0v) is 53.8. The van der Waals surface area contributed by atoms with Gasteiger partial charge in [0, 0.05) is 82.7 Å². The van der Waals surface area contributed by atoms with Crippen LogP contribution in [0.2, 0.25) is 0 Å². The third-order valence-corrected chi connectivity index (χ3v) is 12.2. The first kappa shape index (κ1) is 69.1. The number of rotatable bonds is 0. The summed E-state index contributed by atoms with van der Waals surface area (Å²) < 4.78 is 0. The topological polar surface area (TPSA) is 90.2 Å². The first-order chi connectivity index (χ1) is 35.0. The fourth-order valence-corrected chi connectivity index (χ4v) is 6.63. The molecule has 6 aromatic heterocycles. The molecule has 0 bridgehead atoms. The van der Waals surface area contributed by atoms with Gasteiger partial charge in [-0.2, -0.15) is 0 Å². The van der Waals surface area contributed by atoms with E-state index in [-0.39, 0.29) is 37.9 Å². The number of aromatic nitrogens is 7. The molecule has 77 heavy (non-hydrogen) atoms. The van der Waals surface area contributed by atoms with Gasteiger partial charge in [0.1, 0.15) is 5.82 Å². The van der Waals surface area contributed by atoms with Crippen molar-refractivity contribution in [1.29, 1.82) is 0 Å². The van der Waals surface area contributed by atoms with Crippen LogP contribution in [-0.4, -0.2) is 34.9 Å². The molecule has 7 heteroatoms. The summed E-state index contributed by atoms with van der Waals surface area (Å²) in [6, 6.07) is 29.7. The van der Waals surface area contributed by atoms with Crippen LogP contribution in [0.4, 0.5) is 0 Å². The minimum absolute atomic E-state index is 0.160. The fourth-order valence-electron chi connectivity index (χ4n) is 6.63. The predicted octanol–water partition coefficient (Wildman–Crippen LogP) is 18.8. The van der Waals surface area contributed by atoms with Crippen molar-refractivity contribution >= 4 is 0 Å². The average Bonchev–Trinajstić information content (AvgIpc) is 3.29. The van der Waals surface area contributed by atoms with Gasteiger partial charge in [-0.05, 0) is 157 Å². The van der Waals surface area contributed by atoms with Gasteiger partial charge in [-0.3, -0.25) is 24.9 Å². The van der Waals surface area contributed by atoms with Crippen LogP contribution in [0, 0.1) is 48.5 Å². The number of benzene rings is 1. The minimum atomic E-state index is 0.160. The molecule has 0 unspecified atom stereocenters. The zero-order valence-electron chi connectivity index (χ0n) is 53.8. The van der Waals surface area contributed by atoms with E-state index in [9.17, 15) is 0 Å². The molecule has 7 rings (SSSR count). The van der Waals surface area contributed by atoms with E-state index in [0.29, 0.717) is 0 Å². The second kappa shape index (κ2) is 29.7. The highest BCUT2D eigenvalue weighted by molar-refractivity contribution is 5.27. The smallest absolute Gasteiger partial charge is 0.125 e. The van der Waals surface area contributed by atoms with Crippen molar-refractivity contribution in [3.05, 3.63) is 207 Å². The van der Waals surface area contributed by atoms with Crippen molar-refractivity contribution in [2.45, 2.75) is 232 Å². The molecule has 6 heterocycles. The molecule has 0 aliphatic rings. The molecule has 420 valence electrons. The van der Waals surface area contributed by atoms with Gasteiger partial charge in [0.25, 0.3) is 0 Å². The van der Waals surface area contributed by atoms with Crippen molar-refractivity contribution in [3.63, 3.8) is 0 Å². The average molecular weight is 1040 g/mol. The molecule has 0 saturated carbocycles. The van der Waals surface area contributed by atoms with E-state index >= 15 is 0 Å². The lowest BCUT2D eigenvalue weighted by Gasteiger charge is -2.18. The van der Waals surface area contributed by atoms with Crippen LogP contribution in [0.1, 0.15) is 224 Å². The first-order valence-electron chi connectivity index (χ1n) is 27.5. The van der Waals surface area contributed by atoms with Crippen LogP contribution in [0.15, 0.2) is 128 Å². The van der Waals surface area contributed by atoms with Crippen LogP contribution < -0.4 is 0 Å². The van der Waals surface area contributed by atoms with E-state index in [1.165, 1.54) is 44.5 Å². The second-order valence-electron chi connectivity index (χ2n) is 27.6. The molecule has 0 N–H and O–H groups in total. The lowest BCUT2D eigenvalue weighted by atomic mass is 9.87. The van der Waals surface area contributed by atoms with Gasteiger partial charge in [0.2, 0.25) is 0 Å². The van der Waals surface area contributed by atoms with E-state index in [4.69, 9.17) is 0 Å². The highest BCUT2D eigenvalue weighted by Crippen LogP contribution is 2.25. The van der Waals surface area contributed by atoms with Crippen molar-refractivity contribution in [1.82, 2.24) is 34.9 Å². The van der Waals surface area contributed by atoms with Crippen LogP contribution >= 0.6 is 0 Å². The molecule has 0 aliphatic heterocycles. The maximum atomic E-state index is 4.44. The summed E-state index contributed by atoms with van der Waals surface area (Å²) >= 11 is 0. The van der Waals surface area contributed by atoms with Gasteiger partial charge in [0.05, 0.1) is 0 Å². The van der Waals surface area contributed by atoms with Crippen LogP contribution in [-0.2, 0) is 37.9 Å². The number of aryl methyl sites for hydroxylation is 7. The van der Waals surface area contributed by atoms with E-state index in [1.54, 1.807) is 0 Å². The predicted molar refractivity (Wildman–Crippen MR) is 334 cm³/mol. The SMILES string of the molecule is Cc1cc(C(C)(C)C)ccn1.Cc1ccc(C(C)(C)C)cc1.Cc1ccc(C(C)(C)C)cn1.Cc1cccc(C(C)(C)C)n1.Cc1ccnc(C(C)(C)C)c1.Cc1cncc(C(C)(C)C)c1.Cc1ncc(C(C)(C)C)cn1. The highest BCUT2D eigenvalue weighted by Gasteiger charge is 2.18. The van der Waals surface area contributed by atoms with Crippen LogP contribution in [0.5, 0.6) is 0 Å². The molecule has 0 aliphatic carbocycles. The van der Waals surface area contributed by atoms with Crippen LogP contribution in [0.3, 0.4) is 0 Å². The Bertz CT molecular complexity index is 2400. The number of hydrogen-bond acceptors (Lipinski definition) is 7. The summed E-state index contributed by atoms with van der Waals surface area (Å²) in [5.41, 5.74) is 17.5. The van der Waals surface area contributed by atoms with Crippen molar-refractivity contribution in [3.8, 4) is 0 Å². The lowest BCUT2D eigenvalue weighted by Crippen LogP contribution is -2.13. The first-order valence-corrected chi connectivity index (χ1v) is 27.5. The third-order valence-electron chi connectivity index (χ3n) is 12.2. The third kappa shape index (κ3) is 28.8. The Morgan fingerprint density at radius 3 is 1.12 bits per heavy atom. The Hall–Kier alpha value is -5.95. The summed E-state index contributed by atoms with van der Waals surface area (Å²) in [7, 11) is 0. The van der Waals surface area contributed by atoms with E-state index < -0.39 is 0 Å². The molecule has 0 amide bonds. The van der Waals surface area contributed by atoms with Crippen molar-refractivity contribution < 1.29 is 0 Å². The van der Waals surface area contributed by atoms with Gasteiger partial charge < -0.3 is 0 Å². The summed E-state index contributed by atoms with van der Waals surface area (Å²) in [5.74, 6) is 0.831. The number of hydrogen-bond donors (Lipinski definition) is 0. The zero-order chi connectivity index (χ0) is 59.4. The van der Waals surface area contributed by atoms with Crippen LogP contribution in [0.25, 0.3) is 0 Å². The summed E-state index contributed by atoms with van der Waals surface area (Å²) in [6.45, 7) is 60.3. The summed E-state index contributed by atoms with van der Waals surface area (Å²) in [5, 5.41) is 0. The molecular weight excluding hydrogens is 939 g/mol. The normalized spacial score (nSPS) is 11.6. The molecular formula is C70H105N7. The molecule has 0 fully saturated rings. The maximum Gasteiger partial charge on any atom is 0.125 e. The van der Waals surface area contributed by atoms with Gasteiger partial charge in [-0.25, -0.2) is 9.97 Å². The van der Waals surface area contributed by atoms with Crippen molar-refractivity contribution in [2.75, 3.05) is 0 Å². The van der Waals surface area contributed by atoms with E-state index in [1.807, 2.05) is 83.2 Å². The largest absolute Gasteiger partial charge is 0.264 e. The second-order valence-corrected chi connectivity index (χ2v) is 27.6. The molecule has 1 aromatic carbocycles. The fraction of sp³-hybridized carbons (Fsp3) is 0.500. The van der Waals surface area contributed by atoms with Gasteiger partial charge >= 0.3 is 0 Å². The molecule has 7 aromatic rings. The Balaban J connectivity index is 0.000000449. The van der Waals surface area contributed by atoms with Gasteiger partial charge in [-0.15, -0.1) is 0 Å². The molecule has 0 spiro atoms. The summed E-state index contributed by atoms with van der Waals surface area (Å²) in [6.07, 6.45) is 13.3. The summed E-state index contributed by atoms with van der Waals surface area (Å²) in [4.78, 5) is 29.6. The lowest BCUT2D eigenvalue weighted by molar-refractivity contribution is 0.567. The standard InChI is InChI=1S/C11H16.5C10H15N.C9H14N2/c1-9-5-7-10(8-6-9)11(2,3)4;1-8-5-9(7-11-6-8)10(2,3)4;1-8-7-9(5-6-11-8)10(2,3)4;1-8-5-6-9(7-11-8)10(2,3)4;1-8-5-6-11-9(7-8)10(2,3)4;1-8-6-5-7-9(11-8)10(2,3)4;1-7-10-5-8(6-11-7)9(2,3)4/h5-8H,1-4H3;5*5-7H,1-4H3;5-6H,1-4H3. The van der Waals surface area contributed by atoms with Crippen molar-refractivity contribution in [2.24, 2.45) is 0 Å². The molecule has 0 radical (unpaired) electrons. The van der Waals surface area contributed by atoms with E-state index in [2.05, 4.69) is 274 Å². The van der Waals surface area contributed by atoms with E-state index in [0.717, 1.165) is 34.3 Å².